The van der Waals surface area contributed by atoms with Gasteiger partial charge in [-0.15, -0.1) is 0 Å². The Morgan fingerprint density at radius 1 is 1.47 bits per heavy atom. The molecule has 1 atom stereocenters. The van der Waals surface area contributed by atoms with Crippen molar-refractivity contribution in [2.45, 2.75) is 26.3 Å². The summed E-state index contributed by atoms with van der Waals surface area (Å²) in [7, 11) is 0. The molecule has 0 radical (unpaired) electrons. The second kappa shape index (κ2) is 5.96. The van der Waals surface area contributed by atoms with E-state index in [0.717, 1.165) is 28.8 Å². The van der Waals surface area contributed by atoms with Gasteiger partial charge in [-0.2, -0.15) is 0 Å². The second-order valence-corrected chi connectivity index (χ2v) is 4.90. The first-order chi connectivity index (χ1) is 8.31. The van der Waals surface area contributed by atoms with Gasteiger partial charge >= 0.3 is 0 Å². The van der Waals surface area contributed by atoms with Gasteiger partial charge in [-0.1, -0.05) is 24.8 Å². The summed E-state index contributed by atoms with van der Waals surface area (Å²) in [5.74, 6) is 1.98. The summed E-state index contributed by atoms with van der Waals surface area (Å²) in [4.78, 5) is 4.61. The fourth-order valence-electron chi connectivity index (χ4n) is 1.65. The maximum Gasteiger partial charge on any atom is 0.161 e. The Hall–Kier alpha value is -1.16. The van der Waals surface area contributed by atoms with Crippen LogP contribution in [-0.4, -0.2) is 23.6 Å². The van der Waals surface area contributed by atoms with E-state index in [4.69, 9.17) is 4.74 Å². The molecule has 1 aliphatic heterocycles. The number of rotatable bonds is 4. The third-order valence-electron chi connectivity index (χ3n) is 2.58. The third kappa shape index (κ3) is 3.40. The minimum absolute atomic E-state index is 0.470. The van der Waals surface area contributed by atoms with Crippen molar-refractivity contribution >= 4 is 22.6 Å². The average molecular weight is 250 g/mol. The molecule has 0 fully saturated rings. The van der Waals surface area contributed by atoms with Crippen LogP contribution in [-0.2, 0) is 0 Å². The predicted octanol–water partition coefficient (Wildman–Crippen LogP) is 3.38. The summed E-state index contributed by atoms with van der Waals surface area (Å²) in [5.41, 5.74) is 1.04. The van der Waals surface area contributed by atoms with Gasteiger partial charge in [0, 0.05) is 17.5 Å². The van der Waals surface area contributed by atoms with Gasteiger partial charge in [0.15, 0.2) is 5.17 Å². The SMILES string of the molecule is CCOc1cccc(NC2=NC(CC)CS2)c1. The van der Waals surface area contributed by atoms with Crippen molar-refractivity contribution in [1.29, 1.82) is 0 Å². The van der Waals surface area contributed by atoms with Crippen LogP contribution in [0.1, 0.15) is 20.3 Å². The zero-order valence-corrected chi connectivity index (χ0v) is 11.1. The quantitative estimate of drug-likeness (QED) is 0.889. The summed E-state index contributed by atoms with van der Waals surface area (Å²) in [6.45, 7) is 4.85. The number of nitrogens with zero attached hydrogens (tertiary/aromatic N) is 1. The molecule has 92 valence electrons. The molecule has 0 saturated heterocycles. The average Bonchev–Trinajstić information content (AvgIpc) is 2.78. The molecule has 1 N–H and O–H groups in total. The molecule has 3 nitrogen and oxygen atoms in total. The zero-order chi connectivity index (χ0) is 12.1. The Morgan fingerprint density at radius 3 is 3.06 bits per heavy atom. The molecule has 0 bridgehead atoms. The molecule has 0 aromatic heterocycles. The summed E-state index contributed by atoms with van der Waals surface area (Å²) in [5, 5.41) is 4.36. The van der Waals surface area contributed by atoms with Crippen molar-refractivity contribution in [1.82, 2.24) is 0 Å². The molecule has 1 aromatic carbocycles. The van der Waals surface area contributed by atoms with E-state index < -0.39 is 0 Å². The van der Waals surface area contributed by atoms with Crippen molar-refractivity contribution in [3.05, 3.63) is 24.3 Å². The number of thioether (sulfide) groups is 1. The first-order valence-corrected chi connectivity index (χ1v) is 7.01. The molecule has 4 heteroatoms. The van der Waals surface area contributed by atoms with E-state index in [1.54, 1.807) is 11.8 Å². The van der Waals surface area contributed by atoms with Gasteiger partial charge in [-0.05, 0) is 25.5 Å². The highest BCUT2D eigenvalue weighted by atomic mass is 32.2. The number of nitrogens with one attached hydrogen (secondary N) is 1. The molecular weight excluding hydrogens is 232 g/mol. The molecule has 0 aliphatic carbocycles. The Balaban J connectivity index is 2.01. The van der Waals surface area contributed by atoms with Crippen LogP contribution < -0.4 is 10.1 Å². The maximum absolute atomic E-state index is 5.47. The highest BCUT2D eigenvalue weighted by molar-refractivity contribution is 8.14. The van der Waals surface area contributed by atoms with Gasteiger partial charge in [0.05, 0.1) is 12.6 Å². The standard InChI is InChI=1S/C13H18N2OS/c1-3-10-9-17-13(14-10)15-11-6-5-7-12(8-11)16-4-2/h5-8,10H,3-4,9H2,1-2H3,(H,14,15). The van der Waals surface area contributed by atoms with Crippen LogP contribution in [0.2, 0.25) is 0 Å². The summed E-state index contributed by atoms with van der Waals surface area (Å²) < 4.78 is 5.47. The van der Waals surface area contributed by atoms with Gasteiger partial charge < -0.3 is 10.1 Å². The van der Waals surface area contributed by atoms with Crippen molar-refractivity contribution < 1.29 is 4.74 Å². The smallest absolute Gasteiger partial charge is 0.161 e. The Morgan fingerprint density at radius 2 is 2.35 bits per heavy atom. The van der Waals surface area contributed by atoms with Gasteiger partial charge in [-0.3, -0.25) is 4.99 Å². The Kier molecular flexibility index (Phi) is 4.31. The van der Waals surface area contributed by atoms with Crippen LogP contribution in [0.3, 0.4) is 0 Å². The Labute approximate surface area is 107 Å². The molecule has 2 rings (SSSR count). The highest BCUT2D eigenvalue weighted by Crippen LogP contribution is 2.23. The molecule has 0 saturated carbocycles. The van der Waals surface area contributed by atoms with Gasteiger partial charge in [0.25, 0.3) is 0 Å². The molecule has 0 amide bonds. The number of hydrogen-bond donors (Lipinski definition) is 1. The first-order valence-electron chi connectivity index (χ1n) is 6.02. The summed E-state index contributed by atoms with van der Waals surface area (Å²) in [6, 6.07) is 8.46. The monoisotopic (exact) mass is 250 g/mol. The topological polar surface area (TPSA) is 33.6 Å². The fraction of sp³-hybridized carbons (Fsp3) is 0.462. The van der Waals surface area contributed by atoms with Crippen LogP contribution in [0.4, 0.5) is 5.69 Å². The van der Waals surface area contributed by atoms with Gasteiger partial charge in [0.1, 0.15) is 5.75 Å². The fourth-order valence-corrected chi connectivity index (χ4v) is 2.72. The van der Waals surface area contributed by atoms with Crippen LogP contribution in [0, 0.1) is 0 Å². The van der Waals surface area contributed by atoms with E-state index in [-0.39, 0.29) is 0 Å². The highest BCUT2D eigenvalue weighted by Gasteiger charge is 2.16. The van der Waals surface area contributed by atoms with E-state index >= 15 is 0 Å². The number of benzene rings is 1. The van der Waals surface area contributed by atoms with Crippen molar-refractivity contribution in [3.8, 4) is 5.75 Å². The lowest BCUT2D eigenvalue weighted by Crippen LogP contribution is -2.05. The maximum atomic E-state index is 5.47. The van der Waals surface area contributed by atoms with Crippen molar-refractivity contribution in [2.75, 3.05) is 17.7 Å². The molecule has 1 aliphatic rings. The number of hydrogen-bond acceptors (Lipinski definition) is 4. The van der Waals surface area contributed by atoms with E-state index in [0.29, 0.717) is 12.6 Å². The first kappa shape index (κ1) is 12.3. The van der Waals surface area contributed by atoms with Crippen LogP contribution >= 0.6 is 11.8 Å². The normalized spacial score (nSPS) is 18.9. The third-order valence-corrected chi connectivity index (χ3v) is 3.61. The van der Waals surface area contributed by atoms with E-state index in [1.807, 2.05) is 31.2 Å². The molecule has 1 aromatic rings. The number of ether oxygens (including phenoxy) is 1. The molecular formula is C13H18N2OS. The van der Waals surface area contributed by atoms with E-state index in [9.17, 15) is 0 Å². The summed E-state index contributed by atoms with van der Waals surface area (Å²) in [6.07, 6.45) is 1.11. The molecule has 17 heavy (non-hydrogen) atoms. The Bertz CT molecular complexity index is 406. The molecule has 1 heterocycles. The van der Waals surface area contributed by atoms with Gasteiger partial charge in [-0.25, -0.2) is 0 Å². The van der Waals surface area contributed by atoms with Gasteiger partial charge in [0.2, 0.25) is 0 Å². The predicted molar refractivity (Wildman–Crippen MR) is 75.2 cm³/mol. The largest absolute Gasteiger partial charge is 0.494 e. The zero-order valence-electron chi connectivity index (χ0n) is 10.3. The lowest BCUT2D eigenvalue weighted by molar-refractivity contribution is 0.340. The van der Waals surface area contributed by atoms with Crippen molar-refractivity contribution in [3.63, 3.8) is 0 Å². The minimum atomic E-state index is 0.470. The van der Waals surface area contributed by atoms with Crippen molar-refractivity contribution in [2.24, 2.45) is 4.99 Å². The summed E-state index contributed by atoms with van der Waals surface area (Å²) >= 11 is 1.79. The minimum Gasteiger partial charge on any atom is -0.494 e. The molecule has 0 spiro atoms. The number of amidine groups is 1. The van der Waals surface area contributed by atoms with E-state index in [1.165, 1.54) is 0 Å². The lowest BCUT2D eigenvalue weighted by atomic mass is 10.3. The lowest BCUT2D eigenvalue weighted by Gasteiger charge is -2.07. The van der Waals surface area contributed by atoms with Crippen LogP contribution in [0.5, 0.6) is 5.75 Å². The molecule has 1 unspecified atom stereocenters. The second-order valence-electron chi connectivity index (χ2n) is 3.89. The van der Waals surface area contributed by atoms with Crippen LogP contribution in [0.15, 0.2) is 29.3 Å². The number of anilines is 1. The van der Waals surface area contributed by atoms with E-state index in [2.05, 4.69) is 17.2 Å². The van der Waals surface area contributed by atoms with Crippen LogP contribution in [0.25, 0.3) is 0 Å². The number of aliphatic imine (C=N–C) groups is 1.